The average molecular weight is 283 g/mol. The average Bonchev–Trinajstić information content (AvgIpc) is 2.57. The Morgan fingerprint density at radius 3 is 2.58 bits per heavy atom. The molecule has 1 atom stereocenters. The fourth-order valence-electron chi connectivity index (χ4n) is 2.10. The van der Waals surface area contributed by atoms with E-state index >= 15 is 0 Å². The molecule has 2 N–H and O–H groups in total. The Bertz CT molecular complexity index is 424. The lowest BCUT2D eigenvalue weighted by molar-refractivity contribution is -0.138. The molecule has 104 valence electrons. The monoisotopic (exact) mass is 283 g/mol. The van der Waals surface area contributed by atoms with E-state index in [1.54, 1.807) is 0 Å². The van der Waals surface area contributed by atoms with Gasteiger partial charge in [0.15, 0.2) is 5.17 Å². The summed E-state index contributed by atoms with van der Waals surface area (Å²) in [5, 5.41) is 19.3. The first-order chi connectivity index (χ1) is 9.15. The molecule has 0 unspecified atom stereocenters. The predicted octanol–water partition coefficient (Wildman–Crippen LogP) is 1.76. The van der Waals surface area contributed by atoms with Crippen LogP contribution in [0.15, 0.2) is 10.2 Å². The summed E-state index contributed by atoms with van der Waals surface area (Å²) in [5.41, 5.74) is 1.07. The van der Waals surface area contributed by atoms with Gasteiger partial charge in [0.05, 0.1) is 6.42 Å². The lowest BCUT2D eigenvalue weighted by atomic mass is 10.2. The molecule has 2 fully saturated rings. The second-order valence-electron chi connectivity index (χ2n) is 4.68. The van der Waals surface area contributed by atoms with Gasteiger partial charge in [0.2, 0.25) is 5.91 Å². The van der Waals surface area contributed by atoms with Crippen molar-refractivity contribution >= 4 is 34.5 Å². The molecule has 0 spiro atoms. The van der Waals surface area contributed by atoms with Crippen molar-refractivity contribution in [3.63, 3.8) is 0 Å². The van der Waals surface area contributed by atoms with E-state index in [0.29, 0.717) is 5.17 Å². The number of aliphatic carboxylic acids is 1. The number of nitrogens with zero attached hydrogens (tertiary/aromatic N) is 2. The van der Waals surface area contributed by atoms with Crippen molar-refractivity contribution in [2.24, 2.45) is 10.2 Å². The van der Waals surface area contributed by atoms with Crippen LogP contribution >= 0.6 is 11.8 Å². The summed E-state index contributed by atoms with van der Waals surface area (Å²) < 4.78 is 0. The summed E-state index contributed by atoms with van der Waals surface area (Å²) in [4.78, 5) is 22.1. The third-order valence-electron chi connectivity index (χ3n) is 3.10. The number of amides is 1. The number of hydrogen-bond acceptors (Lipinski definition) is 5. The highest BCUT2D eigenvalue weighted by molar-refractivity contribution is 8.15. The van der Waals surface area contributed by atoms with E-state index in [-0.39, 0.29) is 12.3 Å². The van der Waals surface area contributed by atoms with Gasteiger partial charge in [-0.3, -0.25) is 9.59 Å². The Hall–Kier alpha value is -1.37. The van der Waals surface area contributed by atoms with E-state index in [1.807, 2.05) is 0 Å². The number of carboxylic acid groups (broad SMARTS) is 1. The van der Waals surface area contributed by atoms with Crippen LogP contribution in [-0.2, 0) is 9.59 Å². The highest BCUT2D eigenvalue weighted by atomic mass is 32.2. The van der Waals surface area contributed by atoms with Gasteiger partial charge in [0, 0.05) is 5.71 Å². The fourth-order valence-corrected chi connectivity index (χ4v) is 3.01. The van der Waals surface area contributed by atoms with Gasteiger partial charge in [-0.1, -0.05) is 24.6 Å². The van der Waals surface area contributed by atoms with Crippen LogP contribution in [0.3, 0.4) is 0 Å². The maximum Gasteiger partial charge on any atom is 0.305 e. The number of nitrogens with one attached hydrogen (secondary N) is 1. The molecule has 1 aliphatic heterocycles. The largest absolute Gasteiger partial charge is 0.481 e. The highest BCUT2D eigenvalue weighted by Crippen LogP contribution is 2.22. The molecule has 0 bridgehead atoms. The minimum absolute atomic E-state index is 0.188. The Morgan fingerprint density at radius 2 is 1.95 bits per heavy atom. The third-order valence-corrected chi connectivity index (χ3v) is 4.17. The van der Waals surface area contributed by atoms with Crippen LogP contribution in [0.1, 0.15) is 44.9 Å². The Labute approximate surface area is 115 Å². The molecule has 1 heterocycles. The van der Waals surface area contributed by atoms with E-state index < -0.39 is 11.2 Å². The topological polar surface area (TPSA) is 91.1 Å². The Balaban J connectivity index is 1.95. The predicted molar refractivity (Wildman–Crippen MR) is 74.3 cm³/mol. The molecular weight excluding hydrogens is 266 g/mol. The number of rotatable bonds is 3. The van der Waals surface area contributed by atoms with Crippen molar-refractivity contribution in [3.8, 4) is 0 Å². The van der Waals surface area contributed by atoms with Crippen LogP contribution in [0.5, 0.6) is 0 Å². The van der Waals surface area contributed by atoms with Crippen LogP contribution in [0.4, 0.5) is 0 Å². The number of carboxylic acids is 1. The van der Waals surface area contributed by atoms with E-state index in [1.165, 1.54) is 12.8 Å². The first-order valence-electron chi connectivity index (χ1n) is 6.48. The number of thioether (sulfide) groups is 1. The quantitative estimate of drug-likeness (QED) is 0.610. The molecule has 0 aromatic rings. The first kappa shape index (κ1) is 14.0. The van der Waals surface area contributed by atoms with Crippen molar-refractivity contribution in [1.29, 1.82) is 0 Å². The minimum atomic E-state index is -0.982. The zero-order valence-corrected chi connectivity index (χ0v) is 11.4. The van der Waals surface area contributed by atoms with Gasteiger partial charge in [-0.2, -0.15) is 5.10 Å². The summed E-state index contributed by atoms with van der Waals surface area (Å²) in [6.07, 6.45) is 6.51. The zero-order valence-electron chi connectivity index (χ0n) is 10.6. The highest BCUT2D eigenvalue weighted by Gasteiger charge is 2.32. The molecule has 6 nitrogen and oxygen atoms in total. The fraction of sp³-hybridized carbons (Fsp3) is 0.667. The second-order valence-corrected chi connectivity index (χ2v) is 5.87. The standard InChI is InChI=1S/C12H17N3O3S/c16-10(17)7-9-11(18)13-12(19-9)15-14-8-5-3-1-2-4-6-8/h9H,1-7H2,(H,16,17)(H,13,15,18)/t9-/m0/s1. The van der Waals surface area contributed by atoms with Gasteiger partial charge < -0.3 is 10.4 Å². The van der Waals surface area contributed by atoms with E-state index in [9.17, 15) is 9.59 Å². The maximum absolute atomic E-state index is 11.5. The van der Waals surface area contributed by atoms with Crippen LogP contribution in [0, 0.1) is 0 Å². The summed E-state index contributed by atoms with van der Waals surface area (Å²) in [7, 11) is 0. The Morgan fingerprint density at radius 1 is 1.26 bits per heavy atom. The molecule has 1 saturated heterocycles. The van der Waals surface area contributed by atoms with Crippen LogP contribution in [0.2, 0.25) is 0 Å². The number of hydrogen-bond donors (Lipinski definition) is 2. The summed E-state index contributed by atoms with van der Waals surface area (Å²) in [6.45, 7) is 0. The first-order valence-corrected chi connectivity index (χ1v) is 7.36. The number of carbonyl (C=O) groups excluding carboxylic acids is 1. The van der Waals surface area contributed by atoms with E-state index in [2.05, 4.69) is 15.5 Å². The van der Waals surface area contributed by atoms with Crippen molar-refractivity contribution in [2.75, 3.05) is 0 Å². The molecule has 2 aliphatic rings. The molecule has 1 aliphatic carbocycles. The van der Waals surface area contributed by atoms with Crippen molar-refractivity contribution in [2.45, 2.75) is 50.2 Å². The summed E-state index contributed by atoms with van der Waals surface area (Å²) in [5.74, 6) is -1.28. The van der Waals surface area contributed by atoms with Crippen LogP contribution in [-0.4, -0.2) is 33.1 Å². The van der Waals surface area contributed by atoms with E-state index in [4.69, 9.17) is 5.11 Å². The van der Waals surface area contributed by atoms with Gasteiger partial charge in [-0.15, -0.1) is 5.10 Å². The molecule has 0 aromatic carbocycles. The number of amidine groups is 1. The van der Waals surface area contributed by atoms with Crippen LogP contribution in [0.25, 0.3) is 0 Å². The summed E-state index contributed by atoms with van der Waals surface area (Å²) >= 11 is 1.14. The molecule has 2 rings (SSSR count). The summed E-state index contributed by atoms with van der Waals surface area (Å²) in [6, 6.07) is 0. The SMILES string of the molecule is O=C(O)C[C@@H]1S/C(=N/N=C2CCCCCC2)NC1=O. The second kappa shape index (κ2) is 6.70. The van der Waals surface area contributed by atoms with Gasteiger partial charge in [0.1, 0.15) is 5.25 Å². The van der Waals surface area contributed by atoms with Crippen molar-refractivity contribution < 1.29 is 14.7 Å². The zero-order chi connectivity index (χ0) is 13.7. The van der Waals surface area contributed by atoms with Crippen LogP contribution < -0.4 is 5.32 Å². The van der Waals surface area contributed by atoms with Crippen molar-refractivity contribution in [1.82, 2.24) is 5.32 Å². The molecule has 1 amide bonds. The molecule has 1 saturated carbocycles. The van der Waals surface area contributed by atoms with Gasteiger partial charge in [-0.05, 0) is 25.7 Å². The molecular formula is C12H17N3O3S. The molecule has 0 radical (unpaired) electrons. The lowest BCUT2D eigenvalue weighted by Gasteiger charge is -1.98. The van der Waals surface area contributed by atoms with Gasteiger partial charge in [-0.25, -0.2) is 0 Å². The Kier molecular flexibility index (Phi) is 4.95. The van der Waals surface area contributed by atoms with Gasteiger partial charge in [0.25, 0.3) is 0 Å². The molecule has 7 heteroatoms. The minimum Gasteiger partial charge on any atom is -0.481 e. The maximum atomic E-state index is 11.5. The molecule has 19 heavy (non-hydrogen) atoms. The third kappa shape index (κ3) is 4.34. The lowest BCUT2D eigenvalue weighted by Crippen LogP contribution is -2.26. The smallest absolute Gasteiger partial charge is 0.305 e. The molecule has 0 aromatic heterocycles. The van der Waals surface area contributed by atoms with Crippen molar-refractivity contribution in [3.05, 3.63) is 0 Å². The number of carbonyl (C=O) groups is 2. The van der Waals surface area contributed by atoms with E-state index in [0.717, 1.165) is 43.2 Å². The normalized spacial score (nSPS) is 26.1. The van der Waals surface area contributed by atoms with Gasteiger partial charge >= 0.3 is 5.97 Å².